The Labute approximate surface area is 164 Å². The number of hydrogen-bond donors (Lipinski definition) is 1. The van der Waals surface area contributed by atoms with Gasteiger partial charge in [-0.3, -0.25) is 0 Å². The van der Waals surface area contributed by atoms with E-state index in [1.807, 2.05) is 23.9 Å². The van der Waals surface area contributed by atoms with Gasteiger partial charge < -0.3 is 9.84 Å². The molecule has 0 amide bonds. The van der Waals surface area contributed by atoms with Crippen molar-refractivity contribution in [3.63, 3.8) is 0 Å². The molecule has 0 aromatic heterocycles. The SMILES string of the molecule is COc1ccc([Si](CSc2ccc(O)cc2)(CC(C)C)CC(C)C)cc1. The van der Waals surface area contributed by atoms with Gasteiger partial charge in [-0.2, -0.15) is 0 Å². The van der Waals surface area contributed by atoms with E-state index in [2.05, 4.69) is 52.0 Å². The Morgan fingerprint density at radius 3 is 1.88 bits per heavy atom. The number of thioether (sulfide) groups is 1. The Morgan fingerprint density at radius 2 is 1.42 bits per heavy atom. The molecule has 0 atom stereocenters. The van der Waals surface area contributed by atoms with E-state index in [-0.39, 0.29) is 0 Å². The molecule has 142 valence electrons. The molecule has 0 aliphatic heterocycles. The van der Waals surface area contributed by atoms with Crippen LogP contribution in [0, 0.1) is 11.8 Å². The molecule has 0 bridgehead atoms. The molecule has 0 saturated heterocycles. The van der Waals surface area contributed by atoms with E-state index in [0.29, 0.717) is 17.6 Å². The highest BCUT2D eigenvalue weighted by molar-refractivity contribution is 8.01. The number of aromatic hydroxyl groups is 1. The average Bonchev–Trinajstić information content (AvgIpc) is 2.60. The van der Waals surface area contributed by atoms with Crippen LogP contribution >= 0.6 is 11.8 Å². The van der Waals surface area contributed by atoms with Gasteiger partial charge in [0.1, 0.15) is 11.5 Å². The molecule has 2 aromatic rings. The Kier molecular flexibility index (Phi) is 7.65. The van der Waals surface area contributed by atoms with Gasteiger partial charge in [0, 0.05) is 4.90 Å². The zero-order chi connectivity index (χ0) is 19.2. The first-order valence-corrected chi connectivity index (χ1v) is 13.0. The molecule has 0 unspecified atom stereocenters. The van der Waals surface area contributed by atoms with Crippen molar-refractivity contribution in [3.8, 4) is 11.5 Å². The Morgan fingerprint density at radius 1 is 0.885 bits per heavy atom. The lowest BCUT2D eigenvalue weighted by Gasteiger charge is -2.35. The van der Waals surface area contributed by atoms with Crippen molar-refractivity contribution in [2.24, 2.45) is 11.8 Å². The third-order valence-corrected chi connectivity index (χ3v) is 12.8. The summed E-state index contributed by atoms with van der Waals surface area (Å²) < 4.78 is 5.37. The van der Waals surface area contributed by atoms with Crippen LogP contribution in [-0.2, 0) is 0 Å². The summed E-state index contributed by atoms with van der Waals surface area (Å²) in [7, 11) is 0.0398. The number of phenols is 1. The molecule has 0 heterocycles. The summed E-state index contributed by atoms with van der Waals surface area (Å²) in [5, 5.41) is 12.2. The van der Waals surface area contributed by atoms with Crippen LogP contribution in [0.1, 0.15) is 27.7 Å². The minimum atomic E-state index is -1.68. The van der Waals surface area contributed by atoms with Crippen LogP contribution in [0.15, 0.2) is 53.4 Å². The molecule has 26 heavy (non-hydrogen) atoms. The standard InChI is InChI=1S/C22H32O2SSi/c1-17(2)14-26(15-18(3)4,22-12-8-20(24-5)9-13-22)16-25-21-10-6-19(23)7-11-21/h6-13,17-18,23H,14-16H2,1-5H3. The quantitative estimate of drug-likeness (QED) is 0.441. The van der Waals surface area contributed by atoms with E-state index in [0.717, 1.165) is 5.75 Å². The van der Waals surface area contributed by atoms with Crippen LogP contribution in [0.25, 0.3) is 0 Å². The van der Waals surface area contributed by atoms with Gasteiger partial charge >= 0.3 is 0 Å². The number of rotatable bonds is 9. The van der Waals surface area contributed by atoms with Crippen molar-refractivity contribution in [1.29, 1.82) is 0 Å². The molecule has 0 radical (unpaired) electrons. The second-order valence-electron chi connectivity index (χ2n) is 7.99. The van der Waals surface area contributed by atoms with Gasteiger partial charge in [0.15, 0.2) is 0 Å². The number of hydrogen-bond acceptors (Lipinski definition) is 3. The van der Waals surface area contributed by atoms with Crippen LogP contribution in [0.4, 0.5) is 0 Å². The highest BCUT2D eigenvalue weighted by Crippen LogP contribution is 2.32. The molecule has 2 aromatic carbocycles. The predicted octanol–water partition coefficient (Wildman–Crippen LogP) is 5.70. The summed E-state index contributed by atoms with van der Waals surface area (Å²) >= 11 is 1.94. The van der Waals surface area contributed by atoms with Crippen LogP contribution in [0.3, 0.4) is 0 Å². The Hall–Kier alpha value is -1.39. The van der Waals surface area contributed by atoms with Gasteiger partial charge in [-0.25, -0.2) is 0 Å². The van der Waals surface area contributed by atoms with E-state index in [4.69, 9.17) is 4.74 Å². The van der Waals surface area contributed by atoms with E-state index in [9.17, 15) is 5.11 Å². The summed E-state index contributed by atoms with van der Waals surface area (Å²) in [6.07, 6.45) is 0. The lowest BCUT2D eigenvalue weighted by Crippen LogP contribution is -2.52. The molecular formula is C22H32O2SSi. The summed E-state index contributed by atoms with van der Waals surface area (Å²) in [5.41, 5.74) is 0. The fourth-order valence-corrected chi connectivity index (χ4v) is 12.1. The van der Waals surface area contributed by atoms with Gasteiger partial charge in [0.05, 0.1) is 15.2 Å². The number of benzene rings is 2. The van der Waals surface area contributed by atoms with Gasteiger partial charge in [-0.05, 0) is 53.6 Å². The van der Waals surface area contributed by atoms with Crippen LogP contribution in [0.5, 0.6) is 11.5 Å². The second-order valence-corrected chi connectivity index (χ2v) is 13.9. The largest absolute Gasteiger partial charge is 0.508 e. The van der Waals surface area contributed by atoms with Crippen molar-refractivity contribution in [2.45, 2.75) is 44.7 Å². The highest BCUT2D eigenvalue weighted by atomic mass is 32.2. The Bertz CT molecular complexity index is 656. The lowest BCUT2D eigenvalue weighted by molar-refractivity contribution is 0.415. The fraction of sp³-hybridized carbons (Fsp3) is 0.455. The number of phenolic OH excluding ortho intramolecular Hbond substituents is 1. The zero-order valence-corrected chi connectivity index (χ0v) is 18.5. The summed E-state index contributed by atoms with van der Waals surface area (Å²) in [5.74, 6) is 2.63. The number of ether oxygens (including phenoxy) is 1. The van der Waals surface area contributed by atoms with E-state index in [1.165, 1.54) is 27.5 Å². The molecule has 0 saturated carbocycles. The normalized spacial score (nSPS) is 12.0. The minimum absolute atomic E-state index is 0.331. The lowest BCUT2D eigenvalue weighted by atomic mass is 10.3. The molecule has 2 nitrogen and oxygen atoms in total. The van der Waals surface area contributed by atoms with E-state index in [1.54, 1.807) is 19.2 Å². The van der Waals surface area contributed by atoms with Crippen molar-refractivity contribution < 1.29 is 9.84 Å². The molecule has 2 rings (SSSR count). The monoisotopic (exact) mass is 388 g/mol. The van der Waals surface area contributed by atoms with E-state index < -0.39 is 8.07 Å². The summed E-state index contributed by atoms with van der Waals surface area (Å²) in [6.45, 7) is 9.38. The predicted molar refractivity (Wildman–Crippen MR) is 117 cm³/mol. The van der Waals surface area contributed by atoms with Gasteiger partial charge in [-0.15, -0.1) is 11.8 Å². The van der Waals surface area contributed by atoms with Gasteiger partial charge in [-0.1, -0.05) is 57.1 Å². The fourth-order valence-electron chi connectivity index (χ4n) is 3.79. The topological polar surface area (TPSA) is 29.5 Å². The minimum Gasteiger partial charge on any atom is -0.508 e. The van der Waals surface area contributed by atoms with Crippen LogP contribution in [-0.4, -0.2) is 25.7 Å². The molecule has 0 spiro atoms. The Balaban J connectivity index is 2.34. The summed E-state index contributed by atoms with van der Waals surface area (Å²) in [4.78, 5) is 1.24. The first-order valence-electron chi connectivity index (χ1n) is 9.41. The molecule has 1 N–H and O–H groups in total. The molecule has 0 fully saturated rings. The molecular weight excluding hydrogens is 356 g/mol. The van der Waals surface area contributed by atoms with Crippen LogP contribution in [0.2, 0.25) is 12.1 Å². The maximum atomic E-state index is 9.54. The second kappa shape index (κ2) is 9.52. The first kappa shape index (κ1) is 20.9. The number of methoxy groups -OCH3 is 1. The highest BCUT2D eigenvalue weighted by Gasteiger charge is 2.36. The smallest absolute Gasteiger partial charge is 0.118 e. The van der Waals surface area contributed by atoms with Gasteiger partial charge in [0.2, 0.25) is 0 Å². The molecule has 0 aliphatic rings. The van der Waals surface area contributed by atoms with Crippen LogP contribution < -0.4 is 9.92 Å². The third kappa shape index (κ3) is 5.81. The molecule has 0 aliphatic carbocycles. The van der Waals surface area contributed by atoms with Crippen molar-refractivity contribution in [2.75, 3.05) is 12.5 Å². The van der Waals surface area contributed by atoms with Crippen molar-refractivity contribution in [1.82, 2.24) is 0 Å². The first-order chi connectivity index (χ1) is 12.3. The maximum Gasteiger partial charge on any atom is 0.118 e. The average molecular weight is 389 g/mol. The van der Waals surface area contributed by atoms with Crippen molar-refractivity contribution in [3.05, 3.63) is 48.5 Å². The zero-order valence-electron chi connectivity index (χ0n) is 16.7. The van der Waals surface area contributed by atoms with E-state index >= 15 is 0 Å². The maximum absolute atomic E-state index is 9.54. The van der Waals surface area contributed by atoms with Gasteiger partial charge in [0.25, 0.3) is 0 Å². The third-order valence-electron chi connectivity index (χ3n) is 4.65. The molecule has 4 heteroatoms. The van der Waals surface area contributed by atoms with Crippen molar-refractivity contribution >= 4 is 25.0 Å². The summed E-state index contributed by atoms with van der Waals surface area (Å²) in [6, 6.07) is 19.0.